The molecule has 0 spiro atoms. The third-order valence-corrected chi connectivity index (χ3v) is 3.96. The molecular formula is C14H20N4O. The van der Waals surface area contributed by atoms with E-state index in [-0.39, 0.29) is 5.91 Å². The molecule has 1 heterocycles. The Morgan fingerprint density at radius 2 is 2.26 bits per heavy atom. The van der Waals surface area contributed by atoms with Gasteiger partial charge >= 0.3 is 0 Å². The van der Waals surface area contributed by atoms with Crippen molar-refractivity contribution in [1.29, 1.82) is 0 Å². The van der Waals surface area contributed by atoms with Gasteiger partial charge in [-0.1, -0.05) is 12.2 Å². The lowest BCUT2D eigenvalue weighted by Crippen LogP contribution is -2.30. The Morgan fingerprint density at radius 1 is 1.42 bits per heavy atom. The van der Waals surface area contributed by atoms with Crippen LogP contribution in [-0.4, -0.2) is 22.6 Å². The lowest BCUT2D eigenvalue weighted by Gasteiger charge is -2.17. The van der Waals surface area contributed by atoms with E-state index in [1.165, 1.54) is 0 Å². The molecule has 1 amide bonds. The van der Waals surface area contributed by atoms with E-state index in [1.807, 2.05) is 0 Å². The molecule has 19 heavy (non-hydrogen) atoms. The minimum Gasteiger partial charge on any atom is -0.395 e. The molecule has 1 saturated carbocycles. The van der Waals surface area contributed by atoms with Gasteiger partial charge in [-0.05, 0) is 38.0 Å². The van der Waals surface area contributed by atoms with Gasteiger partial charge in [-0.3, -0.25) is 9.89 Å². The second-order valence-electron chi connectivity index (χ2n) is 5.53. The summed E-state index contributed by atoms with van der Waals surface area (Å²) in [5, 5.41) is 9.92. The third-order valence-electron chi connectivity index (χ3n) is 3.96. The molecule has 4 N–H and O–H groups in total. The molecule has 1 fully saturated rings. The van der Waals surface area contributed by atoms with Gasteiger partial charge in [0.05, 0.1) is 11.4 Å². The highest BCUT2D eigenvalue weighted by Gasteiger charge is 2.30. The SMILES string of the molecule is Nc1c(C(=O)NCC2CC=CCC2)n[nH]c1C1CC1. The van der Waals surface area contributed by atoms with Crippen LogP contribution in [0.4, 0.5) is 5.69 Å². The molecule has 102 valence electrons. The number of nitrogens with one attached hydrogen (secondary N) is 2. The fourth-order valence-electron chi connectivity index (χ4n) is 2.58. The van der Waals surface area contributed by atoms with Crippen LogP contribution >= 0.6 is 0 Å². The zero-order valence-electron chi connectivity index (χ0n) is 11.0. The molecule has 0 saturated heterocycles. The summed E-state index contributed by atoms with van der Waals surface area (Å²) in [6, 6.07) is 0. The van der Waals surface area contributed by atoms with E-state index in [2.05, 4.69) is 27.7 Å². The average molecular weight is 260 g/mol. The average Bonchev–Trinajstić information content (AvgIpc) is 3.20. The smallest absolute Gasteiger partial charge is 0.273 e. The zero-order valence-corrected chi connectivity index (χ0v) is 11.0. The summed E-state index contributed by atoms with van der Waals surface area (Å²) in [5.41, 5.74) is 7.81. The molecule has 3 rings (SSSR count). The predicted molar refractivity (Wildman–Crippen MR) is 73.8 cm³/mol. The molecule has 2 aliphatic rings. The molecule has 0 aliphatic heterocycles. The van der Waals surface area contributed by atoms with Gasteiger partial charge in [-0.15, -0.1) is 0 Å². The van der Waals surface area contributed by atoms with Gasteiger partial charge < -0.3 is 11.1 Å². The number of hydrogen-bond acceptors (Lipinski definition) is 3. The highest BCUT2D eigenvalue weighted by molar-refractivity contribution is 5.97. The topological polar surface area (TPSA) is 83.8 Å². The first kappa shape index (κ1) is 12.3. The molecule has 1 aromatic rings. The predicted octanol–water partition coefficient (Wildman–Crippen LogP) is 1.96. The van der Waals surface area contributed by atoms with E-state index in [9.17, 15) is 4.79 Å². The Kier molecular flexibility index (Phi) is 3.27. The molecule has 0 aromatic carbocycles. The van der Waals surface area contributed by atoms with Crippen molar-refractivity contribution in [2.24, 2.45) is 5.92 Å². The van der Waals surface area contributed by atoms with Gasteiger partial charge in [0, 0.05) is 12.5 Å². The van der Waals surface area contributed by atoms with Crippen molar-refractivity contribution in [3.05, 3.63) is 23.5 Å². The normalized spacial score (nSPS) is 22.4. The van der Waals surface area contributed by atoms with Gasteiger partial charge in [0.1, 0.15) is 0 Å². The number of H-pyrrole nitrogens is 1. The van der Waals surface area contributed by atoms with Gasteiger partial charge in [0.2, 0.25) is 0 Å². The number of nitrogens with zero attached hydrogens (tertiary/aromatic N) is 1. The number of carbonyl (C=O) groups excluding carboxylic acids is 1. The van der Waals surface area contributed by atoms with Crippen LogP contribution in [0.2, 0.25) is 0 Å². The molecule has 1 unspecified atom stereocenters. The van der Waals surface area contributed by atoms with Crippen molar-refractivity contribution in [1.82, 2.24) is 15.5 Å². The highest BCUT2D eigenvalue weighted by atomic mass is 16.1. The quantitative estimate of drug-likeness (QED) is 0.723. The van der Waals surface area contributed by atoms with E-state index in [0.29, 0.717) is 29.8 Å². The standard InChI is InChI=1S/C14H20N4O/c15-11-12(10-6-7-10)17-18-13(11)14(19)16-8-9-4-2-1-3-5-9/h1-2,9-10H,3-8,15H2,(H,16,19)(H,17,18). The van der Waals surface area contributed by atoms with Crippen LogP contribution < -0.4 is 11.1 Å². The van der Waals surface area contributed by atoms with Gasteiger partial charge in [0.25, 0.3) is 5.91 Å². The zero-order chi connectivity index (χ0) is 13.2. The Balaban J connectivity index is 1.59. The van der Waals surface area contributed by atoms with Gasteiger partial charge in [0.15, 0.2) is 5.69 Å². The van der Waals surface area contributed by atoms with Crippen LogP contribution in [-0.2, 0) is 0 Å². The Bertz CT molecular complexity index is 502. The first-order valence-corrected chi connectivity index (χ1v) is 7.02. The fraction of sp³-hybridized carbons (Fsp3) is 0.571. The maximum absolute atomic E-state index is 12.1. The van der Waals surface area contributed by atoms with E-state index in [1.54, 1.807) is 0 Å². The first-order valence-electron chi connectivity index (χ1n) is 7.02. The van der Waals surface area contributed by atoms with Crippen molar-refractivity contribution in [3.63, 3.8) is 0 Å². The number of aromatic amines is 1. The van der Waals surface area contributed by atoms with E-state index in [0.717, 1.165) is 37.8 Å². The molecule has 0 bridgehead atoms. The lowest BCUT2D eigenvalue weighted by atomic mass is 9.94. The molecule has 1 atom stereocenters. The maximum Gasteiger partial charge on any atom is 0.273 e. The summed E-state index contributed by atoms with van der Waals surface area (Å²) in [4.78, 5) is 12.1. The summed E-state index contributed by atoms with van der Waals surface area (Å²) >= 11 is 0. The lowest BCUT2D eigenvalue weighted by molar-refractivity contribution is 0.0942. The van der Waals surface area contributed by atoms with E-state index < -0.39 is 0 Å². The monoisotopic (exact) mass is 260 g/mol. The number of hydrogen-bond donors (Lipinski definition) is 3. The molecule has 5 heteroatoms. The van der Waals surface area contributed by atoms with E-state index >= 15 is 0 Å². The summed E-state index contributed by atoms with van der Waals surface area (Å²) < 4.78 is 0. The van der Waals surface area contributed by atoms with Crippen molar-refractivity contribution in [3.8, 4) is 0 Å². The Labute approximate surface area is 112 Å². The Hall–Kier alpha value is -1.78. The summed E-state index contributed by atoms with van der Waals surface area (Å²) in [7, 11) is 0. The van der Waals surface area contributed by atoms with Crippen molar-refractivity contribution in [2.75, 3.05) is 12.3 Å². The highest BCUT2D eigenvalue weighted by Crippen LogP contribution is 2.42. The second-order valence-corrected chi connectivity index (χ2v) is 5.53. The summed E-state index contributed by atoms with van der Waals surface area (Å²) in [6.45, 7) is 0.703. The third kappa shape index (κ3) is 2.64. The molecule has 0 radical (unpaired) electrons. The van der Waals surface area contributed by atoms with Crippen molar-refractivity contribution >= 4 is 11.6 Å². The van der Waals surface area contributed by atoms with E-state index in [4.69, 9.17) is 5.73 Å². The molecule has 2 aliphatic carbocycles. The Morgan fingerprint density at radius 3 is 2.95 bits per heavy atom. The van der Waals surface area contributed by atoms with Crippen LogP contribution in [0.15, 0.2) is 12.2 Å². The fourth-order valence-corrected chi connectivity index (χ4v) is 2.58. The van der Waals surface area contributed by atoms with Crippen molar-refractivity contribution in [2.45, 2.75) is 38.0 Å². The number of nitrogen functional groups attached to an aromatic ring is 1. The first-order chi connectivity index (χ1) is 9.25. The van der Waals surface area contributed by atoms with Crippen LogP contribution in [0.5, 0.6) is 0 Å². The van der Waals surface area contributed by atoms with Gasteiger partial charge in [-0.2, -0.15) is 5.10 Å². The number of carbonyl (C=O) groups is 1. The minimum absolute atomic E-state index is 0.157. The second kappa shape index (κ2) is 5.07. The van der Waals surface area contributed by atoms with Crippen molar-refractivity contribution < 1.29 is 4.79 Å². The largest absolute Gasteiger partial charge is 0.395 e. The molecule has 5 nitrogen and oxygen atoms in total. The van der Waals surface area contributed by atoms with Crippen LogP contribution in [0.25, 0.3) is 0 Å². The van der Waals surface area contributed by atoms with Gasteiger partial charge in [-0.25, -0.2) is 0 Å². The number of nitrogens with two attached hydrogens (primary N) is 1. The molecular weight excluding hydrogens is 240 g/mol. The van der Waals surface area contributed by atoms with Crippen LogP contribution in [0, 0.1) is 5.92 Å². The summed E-state index contributed by atoms with van der Waals surface area (Å²) in [5.74, 6) is 0.866. The minimum atomic E-state index is -0.157. The molecule has 1 aromatic heterocycles. The number of aromatic nitrogens is 2. The maximum atomic E-state index is 12.1. The number of allylic oxidation sites excluding steroid dienone is 2. The van der Waals surface area contributed by atoms with Crippen LogP contribution in [0.1, 0.15) is 54.2 Å². The number of rotatable bonds is 4. The van der Waals surface area contributed by atoms with Crippen LogP contribution in [0.3, 0.4) is 0 Å². The number of anilines is 1. The summed E-state index contributed by atoms with van der Waals surface area (Å²) in [6.07, 6.45) is 9.96. The number of amides is 1.